The van der Waals surface area contributed by atoms with Gasteiger partial charge in [0.2, 0.25) is 5.69 Å². The van der Waals surface area contributed by atoms with Crippen LogP contribution in [0.5, 0.6) is 0 Å². The van der Waals surface area contributed by atoms with Gasteiger partial charge in [0.05, 0.1) is 11.1 Å². The van der Waals surface area contributed by atoms with E-state index in [1.54, 1.807) is 12.2 Å². The molecule has 0 radical (unpaired) electrons. The fourth-order valence-electron chi connectivity index (χ4n) is 7.98. The lowest BCUT2D eigenvalue weighted by atomic mass is 9.81. The van der Waals surface area contributed by atoms with Crippen molar-refractivity contribution in [2.24, 2.45) is 0 Å². The maximum absolute atomic E-state index is 14.6. The first kappa shape index (κ1) is 35.5. The van der Waals surface area contributed by atoms with E-state index in [0.29, 0.717) is 24.1 Å². The standard InChI is InChI=1S/C46H50N3O2/c1-9-10-12-19-32(2)43(50)49(44(51)35-20-13-11-14-21-35)42-33(28-30-40-45(3,4)36-22-15-17-24-38(36)47(40)7)26-27-34(42)29-31-41-46(5,6)37-23-16-18-25-39(37)48(41)8/h9-10,12-13,15-25,28-31H,2,11,14,26-27H2,1,3-8H3/q+1/b10-9-,19-12-. The van der Waals surface area contributed by atoms with Crippen LogP contribution in [-0.2, 0) is 20.4 Å². The monoisotopic (exact) mass is 676 g/mol. The average Bonchev–Trinajstić information content (AvgIpc) is 3.68. The molecule has 6 rings (SSSR count). The van der Waals surface area contributed by atoms with Gasteiger partial charge in [0.15, 0.2) is 5.71 Å². The van der Waals surface area contributed by atoms with Crippen LogP contribution in [0.2, 0.25) is 0 Å². The predicted molar refractivity (Wildman–Crippen MR) is 211 cm³/mol. The minimum atomic E-state index is -0.425. The fraction of sp³-hybridized carbons (Fsp3) is 0.283. The summed E-state index contributed by atoms with van der Waals surface area (Å²) in [5.41, 5.74) is 10.1. The summed E-state index contributed by atoms with van der Waals surface area (Å²) >= 11 is 0. The molecule has 5 nitrogen and oxygen atoms in total. The fourth-order valence-corrected chi connectivity index (χ4v) is 7.98. The molecular weight excluding hydrogens is 627 g/mol. The molecule has 2 aromatic carbocycles. The van der Waals surface area contributed by atoms with Gasteiger partial charge < -0.3 is 4.90 Å². The van der Waals surface area contributed by atoms with E-state index < -0.39 is 5.91 Å². The molecule has 0 bridgehead atoms. The van der Waals surface area contributed by atoms with Gasteiger partial charge in [-0.3, -0.25) is 9.59 Å². The highest BCUT2D eigenvalue weighted by atomic mass is 16.2. The molecule has 260 valence electrons. The number of para-hydroxylation sites is 2. The normalized spacial score (nSPS) is 20.8. The van der Waals surface area contributed by atoms with Crippen molar-refractivity contribution >= 4 is 28.9 Å². The van der Waals surface area contributed by atoms with Gasteiger partial charge in [-0.15, -0.1) is 0 Å². The Morgan fingerprint density at radius 3 is 2.31 bits per heavy atom. The molecule has 0 fully saturated rings. The van der Waals surface area contributed by atoms with Crippen molar-refractivity contribution in [2.45, 2.75) is 71.1 Å². The molecule has 4 aliphatic rings. The Balaban J connectivity index is 1.51. The number of benzene rings is 2. The summed E-state index contributed by atoms with van der Waals surface area (Å²) in [6.45, 7) is 15.0. The van der Waals surface area contributed by atoms with E-state index in [9.17, 15) is 9.59 Å². The van der Waals surface area contributed by atoms with Crippen LogP contribution in [0.3, 0.4) is 0 Å². The first-order valence-electron chi connectivity index (χ1n) is 18.0. The molecule has 2 aliphatic carbocycles. The van der Waals surface area contributed by atoms with Gasteiger partial charge in [0, 0.05) is 52.7 Å². The number of imide groups is 1. The van der Waals surface area contributed by atoms with Gasteiger partial charge in [-0.2, -0.15) is 4.58 Å². The first-order valence-corrected chi connectivity index (χ1v) is 18.0. The van der Waals surface area contributed by atoms with Crippen LogP contribution in [-0.4, -0.2) is 41.1 Å². The van der Waals surface area contributed by atoms with E-state index in [4.69, 9.17) is 0 Å². The van der Waals surface area contributed by atoms with Crippen molar-refractivity contribution in [3.63, 3.8) is 0 Å². The number of amides is 2. The molecule has 0 aromatic heterocycles. The SMILES string of the molecule is C=C(/C=C\C=C/C)C(=O)N(C(=O)C1=CCCC=C1)C1=C(/C=C/C2=[N+](C)c3ccccc3C2(C)C)CC/C1=C\C=C1\N(C)c2ccccc2C1(C)C. The number of carbonyl (C=O) groups is 2. The largest absolute Gasteiger partial charge is 0.347 e. The third kappa shape index (κ3) is 6.42. The number of rotatable bonds is 8. The van der Waals surface area contributed by atoms with Crippen molar-refractivity contribution in [3.8, 4) is 0 Å². The molecule has 5 heteroatoms. The van der Waals surface area contributed by atoms with Crippen LogP contribution in [0.4, 0.5) is 11.4 Å². The Bertz CT molecular complexity index is 2090. The molecule has 0 unspecified atom stereocenters. The van der Waals surface area contributed by atoms with E-state index in [1.165, 1.54) is 27.4 Å². The molecular formula is C46H50N3O2+. The number of anilines is 1. The smallest absolute Gasteiger partial charge is 0.265 e. The number of likely N-dealkylation sites (N-methyl/N-ethyl adjacent to an activating group) is 1. The quantitative estimate of drug-likeness (QED) is 0.159. The summed E-state index contributed by atoms with van der Waals surface area (Å²) < 4.78 is 2.25. The van der Waals surface area contributed by atoms with E-state index in [1.807, 2.05) is 37.3 Å². The third-order valence-corrected chi connectivity index (χ3v) is 10.8. The van der Waals surface area contributed by atoms with Gasteiger partial charge >= 0.3 is 0 Å². The summed E-state index contributed by atoms with van der Waals surface area (Å²) in [4.78, 5) is 32.7. The zero-order valence-corrected chi connectivity index (χ0v) is 31.2. The average molecular weight is 677 g/mol. The summed E-state index contributed by atoms with van der Waals surface area (Å²) in [5, 5.41) is 0. The van der Waals surface area contributed by atoms with Gasteiger partial charge in [-0.25, -0.2) is 4.90 Å². The Morgan fingerprint density at radius 2 is 1.63 bits per heavy atom. The van der Waals surface area contributed by atoms with Crippen molar-refractivity contribution in [3.05, 3.63) is 167 Å². The minimum Gasteiger partial charge on any atom is -0.347 e. The highest BCUT2D eigenvalue weighted by Gasteiger charge is 2.43. The Labute approximate surface area is 304 Å². The van der Waals surface area contributed by atoms with Gasteiger partial charge in [0.1, 0.15) is 7.05 Å². The minimum absolute atomic E-state index is 0.215. The lowest BCUT2D eigenvalue weighted by Gasteiger charge is -2.26. The molecule has 0 saturated carbocycles. The van der Waals surface area contributed by atoms with Crippen LogP contribution in [0.1, 0.15) is 71.4 Å². The summed E-state index contributed by atoms with van der Waals surface area (Å²) in [6, 6.07) is 17.0. The molecule has 0 N–H and O–H groups in total. The Morgan fingerprint density at radius 1 is 0.902 bits per heavy atom. The molecule has 0 spiro atoms. The van der Waals surface area contributed by atoms with Crippen LogP contribution >= 0.6 is 0 Å². The molecule has 0 saturated heterocycles. The highest BCUT2D eigenvalue weighted by Crippen LogP contribution is 2.47. The number of hydrogen-bond donors (Lipinski definition) is 0. The van der Waals surface area contributed by atoms with E-state index in [2.05, 4.69) is 131 Å². The van der Waals surface area contributed by atoms with Gasteiger partial charge in [0.25, 0.3) is 11.8 Å². The van der Waals surface area contributed by atoms with E-state index in [0.717, 1.165) is 35.4 Å². The van der Waals surface area contributed by atoms with Crippen LogP contribution in [0.15, 0.2) is 156 Å². The van der Waals surface area contributed by atoms with Crippen LogP contribution in [0.25, 0.3) is 0 Å². The van der Waals surface area contributed by atoms with E-state index >= 15 is 0 Å². The molecule has 51 heavy (non-hydrogen) atoms. The summed E-state index contributed by atoms with van der Waals surface area (Å²) in [5.74, 6) is -0.756. The number of fused-ring (bicyclic) bond motifs is 2. The van der Waals surface area contributed by atoms with Gasteiger partial charge in [-0.1, -0.05) is 112 Å². The molecule has 2 aliphatic heterocycles. The second kappa shape index (κ2) is 14.1. The van der Waals surface area contributed by atoms with Crippen molar-refractivity contribution in [2.75, 3.05) is 19.0 Å². The number of carbonyl (C=O) groups excluding carboxylic acids is 2. The van der Waals surface area contributed by atoms with E-state index in [-0.39, 0.29) is 22.3 Å². The first-order chi connectivity index (χ1) is 24.4. The van der Waals surface area contributed by atoms with Crippen LogP contribution < -0.4 is 4.90 Å². The zero-order valence-electron chi connectivity index (χ0n) is 31.2. The van der Waals surface area contributed by atoms with Crippen LogP contribution in [0, 0.1) is 0 Å². The highest BCUT2D eigenvalue weighted by molar-refractivity contribution is 6.14. The second-order valence-corrected chi connectivity index (χ2v) is 14.7. The number of allylic oxidation sites excluding steroid dienone is 12. The second-order valence-electron chi connectivity index (χ2n) is 14.7. The van der Waals surface area contributed by atoms with Crippen molar-refractivity contribution in [1.82, 2.24) is 4.90 Å². The summed E-state index contributed by atoms with van der Waals surface area (Å²) in [6.07, 6.45) is 24.6. The van der Waals surface area contributed by atoms with Crippen molar-refractivity contribution in [1.29, 1.82) is 0 Å². The topological polar surface area (TPSA) is 43.6 Å². The zero-order chi connectivity index (χ0) is 36.5. The number of nitrogens with zero attached hydrogens (tertiary/aromatic N) is 3. The number of hydrogen-bond acceptors (Lipinski definition) is 3. The Hall–Kier alpha value is -5.29. The third-order valence-electron chi connectivity index (χ3n) is 10.8. The molecule has 2 aromatic rings. The maximum atomic E-state index is 14.6. The molecule has 0 atom stereocenters. The Kier molecular flexibility index (Phi) is 9.86. The predicted octanol–water partition coefficient (Wildman–Crippen LogP) is 9.85. The molecule has 2 heterocycles. The molecule has 2 amide bonds. The maximum Gasteiger partial charge on any atom is 0.265 e. The lowest BCUT2D eigenvalue weighted by Crippen LogP contribution is -2.38. The van der Waals surface area contributed by atoms with Gasteiger partial charge in [-0.05, 0) is 75.3 Å². The summed E-state index contributed by atoms with van der Waals surface area (Å²) in [7, 11) is 4.21. The van der Waals surface area contributed by atoms with Crippen molar-refractivity contribution < 1.29 is 14.2 Å². The lowest BCUT2D eigenvalue weighted by molar-refractivity contribution is -0.401.